The summed E-state index contributed by atoms with van der Waals surface area (Å²) in [5.74, 6) is -0.0480. The van der Waals surface area contributed by atoms with Gasteiger partial charge in [0.15, 0.2) is 23.9 Å². The number of carbonyl (C=O) groups excluding carboxylic acids is 2. The highest BCUT2D eigenvalue weighted by Crippen LogP contribution is 2.29. The second kappa shape index (κ2) is 11.6. The summed E-state index contributed by atoms with van der Waals surface area (Å²) in [4.78, 5) is 24.6. The molecule has 1 N–H and O–H groups in total. The van der Waals surface area contributed by atoms with Crippen LogP contribution < -0.4 is 19.5 Å². The van der Waals surface area contributed by atoms with Crippen LogP contribution in [0, 0.1) is 6.92 Å². The predicted octanol–water partition coefficient (Wildman–Crippen LogP) is 5.52. The lowest BCUT2D eigenvalue weighted by Crippen LogP contribution is -2.20. The number of alkyl halides is 2. The minimum Gasteiger partial charge on any atom is -0.493 e. The number of amides is 1. The zero-order valence-corrected chi connectivity index (χ0v) is 18.6. The molecule has 0 fully saturated rings. The first kappa shape index (κ1) is 24.4. The number of nitrogens with one attached hydrogen (secondary N) is 1. The fourth-order valence-corrected chi connectivity index (χ4v) is 3.04. The van der Waals surface area contributed by atoms with Gasteiger partial charge >= 0.3 is 6.61 Å². The van der Waals surface area contributed by atoms with E-state index in [1.165, 1.54) is 37.5 Å². The van der Waals surface area contributed by atoms with Crippen LogP contribution in [-0.2, 0) is 4.79 Å². The molecule has 0 unspecified atom stereocenters. The predicted molar refractivity (Wildman–Crippen MR) is 125 cm³/mol. The number of ether oxygens (including phenoxy) is 3. The van der Waals surface area contributed by atoms with Crippen molar-refractivity contribution in [3.63, 3.8) is 0 Å². The third-order valence-corrected chi connectivity index (χ3v) is 4.74. The molecule has 3 aromatic carbocycles. The highest BCUT2D eigenvalue weighted by molar-refractivity contribution is 6.07. The molecule has 0 bridgehead atoms. The van der Waals surface area contributed by atoms with Crippen molar-refractivity contribution in [2.45, 2.75) is 13.5 Å². The molecule has 0 aromatic heterocycles. The van der Waals surface area contributed by atoms with Crippen molar-refractivity contribution in [3.8, 4) is 17.2 Å². The number of anilines is 1. The van der Waals surface area contributed by atoms with Crippen molar-refractivity contribution in [2.24, 2.45) is 0 Å². The Hall–Kier alpha value is -4.20. The second-order valence-corrected chi connectivity index (χ2v) is 7.17. The van der Waals surface area contributed by atoms with Gasteiger partial charge in [0.1, 0.15) is 5.75 Å². The largest absolute Gasteiger partial charge is 0.493 e. The maximum Gasteiger partial charge on any atom is 0.387 e. The lowest BCUT2D eigenvalue weighted by atomic mass is 10.1. The van der Waals surface area contributed by atoms with Gasteiger partial charge in [0.05, 0.1) is 7.11 Å². The number of halogens is 2. The van der Waals surface area contributed by atoms with Crippen molar-refractivity contribution in [2.75, 3.05) is 19.0 Å². The van der Waals surface area contributed by atoms with Crippen LogP contribution in [0.15, 0.2) is 72.8 Å². The van der Waals surface area contributed by atoms with E-state index in [0.717, 1.165) is 5.56 Å². The molecule has 0 aliphatic rings. The zero-order chi connectivity index (χ0) is 24.5. The summed E-state index contributed by atoms with van der Waals surface area (Å²) in [5, 5.41) is 2.79. The molecule has 0 heterocycles. The first-order valence-corrected chi connectivity index (χ1v) is 10.3. The van der Waals surface area contributed by atoms with Crippen LogP contribution in [0.25, 0.3) is 6.08 Å². The molecule has 0 aliphatic heterocycles. The van der Waals surface area contributed by atoms with Crippen LogP contribution >= 0.6 is 0 Å². The van der Waals surface area contributed by atoms with E-state index >= 15 is 0 Å². The van der Waals surface area contributed by atoms with Crippen molar-refractivity contribution in [1.82, 2.24) is 0 Å². The summed E-state index contributed by atoms with van der Waals surface area (Å²) in [7, 11) is 1.46. The molecule has 0 saturated heterocycles. The Kier molecular flexibility index (Phi) is 8.34. The number of rotatable bonds is 10. The fraction of sp³-hybridized carbons (Fsp3) is 0.154. The minimum absolute atomic E-state index is 0.0936. The number of ketones is 1. The highest BCUT2D eigenvalue weighted by atomic mass is 19.3. The van der Waals surface area contributed by atoms with E-state index in [9.17, 15) is 18.4 Å². The maximum absolute atomic E-state index is 12.4. The summed E-state index contributed by atoms with van der Waals surface area (Å²) in [6.45, 7) is -1.29. The Morgan fingerprint density at radius 3 is 2.53 bits per heavy atom. The fourth-order valence-electron chi connectivity index (χ4n) is 3.04. The van der Waals surface area contributed by atoms with Crippen LogP contribution in [0.1, 0.15) is 21.5 Å². The van der Waals surface area contributed by atoms with Gasteiger partial charge in [-0.15, -0.1) is 0 Å². The Morgan fingerprint density at radius 2 is 1.79 bits per heavy atom. The van der Waals surface area contributed by atoms with Gasteiger partial charge in [-0.05, 0) is 54.5 Å². The molecular formula is C26H23F2NO5. The Labute approximate surface area is 195 Å². The van der Waals surface area contributed by atoms with Gasteiger partial charge < -0.3 is 19.5 Å². The van der Waals surface area contributed by atoms with Crippen LogP contribution in [-0.4, -0.2) is 32.0 Å². The first-order valence-electron chi connectivity index (χ1n) is 10.3. The number of methoxy groups -OCH3 is 1. The number of para-hydroxylation sites is 1. The van der Waals surface area contributed by atoms with Crippen LogP contribution in [0.2, 0.25) is 0 Å². The standard InChI is InChI=1S/C26H23F2NO5/c1-17-6-3-4-9-21(17)29-25(31)16-33-23-13-11-18(14-24(23)32-2)10-12-22(30)19-7-5-8-20(15-19)34-26(27)28/h3-15,26H,16H2,1-2H3,(H,29,31)/b12-10+. The molecule has 0 atom stereocenters. The van der Waals surface area contributed by atoms with Crippen molar-refractivity contribution >= 4 is 23.5 Å². The third kappa shape index (κ3) is 6.90. The Morgan fingerprint density at radius 1 is 1.00 bits per heavy atom. The molecule has 6 nitrogen and oxygen atoms in total. The summed E-state index contributed by atoms with van der Waals surface area (Å²) < 4.78 is 40.0. The van der Waals surface area contributed by atoms with E-state index in [4.69, 9.17) is 9.47 Å². The second-order valence-electron chi connectivity index (χ2n) is 7.17. The number of hydrogen-bond donors (Lipinski definition) is 1. The van der Waals surface area contributed by atoms with Crippen LogP contribution in [0.5, 0.6) is 17.2 Å². The number of benzene rings is 3. The van der Waals surface area contributed by atoms with E-state index in [2.05, 4.69) is 10.1 Å². The molecule has 1 amide bonds. The SMILES string of the molecule is COc1cc(/C=C/C(=O)c2cccc(OC(F)F)c2)ccc1OCC(=O)Nc1ccccc1C. The van der Waals surface area contributed by atoms with Crippen LogP contribution in [0.3, 0.4) is 0 Å². The highest BCUT2D eigenvalue weighted by Gasteiger charge is 2.11. The average Bonchev–Trinajstić information content (AvgIpc) is 2.82. The summed E-state index contributed by atoms with van der Waals surface area (Å²) in [6, 6.07) is 17.9. The van der Waals surface area contributed by atoms with Gasteiger partial charge in [-0.1, -0.05) is 42.5 Å². The van der Waals surface area contributed by atoms with Crippen molar-refractivity contribution in [3.05, 3.63) is 89.5 Å². The number of hydrogen-bond acceptors (Lipinski definition) is 5. The summed E-state index contributed by atoms with van der Waals surface area (Å²) in [5.41, 5.74) is 2.50. The van der Waals surface area contributed by atoms with Gasteiger partial charge in [0.2, 0.25) is 0 Å². The van der Waals surface area contributed by atoms with Crippen molar-refractivity contribution in [1.29, 1.82) is 0 Å². The average molecular weight is 467 g/mol. The van der Waals surface area contributed by atoms with E-state index in [0.29, 0.717) is 22.7 Å². The quantitative estimate of drug-likeness (QED) is 0.314. The normalized spacial score (nSPS) is 10.9. The molecule has 8 heteroatoms. The van der Waals surface area contributed by atoms with Gasteiger partial charge in [-0.25, -0.2) is 0 Å². The molecule has 0 aliphatic carbocycles. The van der Waals surface area contributed by atoms with Crippen LogP contribution in [0.4, 0.5) is 14.5 Å². The number of aryl methyl sites for hydroxylation is 1. The Balaban J connectivity index is 1.63. The van der Waals surface area contributed by atoms with E-state index in [1.807, 2.05) is 25.1 Å². The molecule has 3 aromatic rings. The number of carbonyl (C=O) groups is 2. The van der Waals surface area contributed by atoms with E-state index < -0.39 is 6.61 Å². The van der Waals surface area contributed by atoms with E-state index in [-0.39, 0.29) is 29.6 Å². The molecule has 0 saturated carbocycles. The number of allylic oxidation sites excluding steroid dienone is 1. The van der Waals surface area contributed by atoms with Crippen molar-refractivity contribution < 1.29 is 32.6 Å². The van der Waals surface area contributed by atoms with E-state index in [1.54, 1.807) is 30.3 Å². The first-order chi connectivity index (χ1) is 16.4. The van der Waals surface area contributed by atoms with Gasteiger partial charge in [-0.3, -0.25) is 9.59 Å². The topological polar surface area (TPSA) is 73.9 Å². The molecule has 176 valence electrons. The molecule has 34 heavy (non-hydrogen) atoms. The lowest BCUT2D eigenvalue weighted by Gasteiger charge is -2.12. The summed E-state index contributed by atoms with van der Waals surface area (Å²) in [6.07, 6.45) is 2.87. The Bertz CT molecular complexity index is 1190. The molecule has 0 radical (unpaired) electrons. The summed E-state index contributed by atoms with van der Waals surface area (Å²) >= 11 is 0. The molecule has 0 spiro atoms. The maximum atomic E-state index is 12.4. The third-order valence-electron chi connectivity index (χ3n) is 4.74. The van der Waals surface area contributed by atoms with Gasteiger partial charge in [0.25, 0.3) is 5.91 Å². The van der Waals surface area contributed by atoms with Gasteiger partial charge in [0, 0.05) is 11.3 Å². The molecular weight excluding hydrogens is 444 g/mol. The molecule has 3 rings (SSSR count). The van der Waals surface area contributed by atoms with Gasteiger partial charge in [-0.2, -0.15) is 8.78 Å². The monoisotopic (exact) mass is 467 g/mol. The minimum atomic E-state index is -2.97. The smallest absolute Gasteiger partial charge is 0.387 e. The lowest BCUT2D eigenvalue weighted by molar-refractivity contribution is -0.118. The zero-order valence-electron chi connectivity index (χ0n) is 18.6.